The summed E-state index contributed by atoms with van der Waals surface area (Å²) < 4.78 is 0. The van der Waals surface area contributed by atoms with Crippen LogP contribution in [0.3, 0.4) is 0 Å². The zero-order valence-corrected chi connectivity index (χ0v) is 15.3. The molecule has 1 aliphatic heterocycles. The van der Waals surface area contributed by atoms with Crippen molar-refractivity contribution in [2.75, 3.05) is 12.4 Å². The molecule has 0 saturated carbocycles. The van der Waals surface area contributed by atoms with Gasteiger partial charge in [0.05, 0.1) is 16.7 Å². The maximum absolute atomic E-state index is 5.99. The van der Waals surface area contributed by atoms with Gasteiger partial charge in [0.15, 0.2) is 5.66 Å². The van der Waals surface area contributed by atoms with Gasteiger partial charge in [0.25, 0.3) is 0 Å². The molecule has 1 aliphatic rings. The van der Waals surface area contributed by atoms with E-state index in [1.165, 1.54) is 5.06 Å². The molecule has 1 heterocycles. The molecular formula is C14H19Cl2N5OS. The minimum absolute atomic E-state index is 0.155. The number of hydrogen-bond donors (Lipinski definition) is 2. The Morgan fingerprint density at radius 3 is 2.65 bits per heavy atom. The van der Waals surface area contributed by atoms with E-state index in [-0.39, 0.29) is 11.9 Å². The van der Waals surface area contributed by atoms with Crippen LogP contribution in [-0.4, -0.2) is 35.0 Å². The van der Waals surface area contributed by atoms with Crippen molar-refractivity contribution in [1.29, 1.82) is 0 Å². The lowest BCUT2D eigenvalue weighted by Gasteiger charge is -2.36. The van der Waals surface area contributed by atoms with Crippen molar-refractivity contribution in [3.63, 3.8) is 0 Å². The Hall–Kier alpha value is -1.15. The van der Waals surface area contributed by atoms with Crippen LogP contribution in [0.25, 0.3) is 0 Å². The van der Waals surface area contributed by atoms with Gasteiger partial charge in [-0.3, -0.25) is 4.84 Å². The smallest absolute Gasteiger partial charge is 0.226 e. The molecule has 6 nitrogen and oxygen atoms in total. The number of rotatable bonds is 6. The number of nitrogens with two attached hydrogens (primary N) is 2. The van der Waals surface area contributed by atoms with Crippen molar-refractivity contribution in [2.24, 2.45) is 21.5 Å². The first-order chi connectivity index (χ1) is 10.8. The van der Waals surface area contributed by atoms with Gasteiger partial charge in [0, 0.05) is 10.6 Å². The number of halogens is 2. The number of hydrogen-bond acceptors (Lipinski definition) is 7. The average molecular weight is 376 g/mol. The van der Waals surface area contributed by atoms with Crippen molar-refractivity contribution in [3.8, 4) is 0 Å². The first-order valence-corrected chi connectivity index (χ1v) is 8.74. The van der Waals surface area contributed by atoms with Gasteiger partial charge in [-0.05, 0) is 38.5 Å². The average Bonchev–Trinajstić information content (AvgIpc) is 2.44. The normalized spacial score (nSPS) is 17.0. The van der Waals surface area contributed by atoms with Crippen molar-refractivity contribution in [2.45, 2.75) is 30.8 Å². The zero-order valence-electron chi connectivity index (χ0n) is 12.9. The molecular weight excluding hydrogens is 357 g/mol. The van der Waals surface area contributed by atoms with Gasteiger partial charge in [-0.15, -0.1) is 11.8 Å². The molecule has 4 N–H and O–H groups in total. The molecule has 2 rings (SSSR count). The number of aliphatic imine (C=N–C) groups is 2. The number of nitrogens with zero attached hydrogens (tertiary/aromatic N) is 3. The van der Waals surface area contributed by atoms with Crippen molar-refractivity contribution in [3.05, 3.63) is 28.2 Å². The van der Waals surface area contributed by atoms with Crippen LogP contribution in [-0.2, 0) is 4.84 Å². The third-order valence-corrected chi connectivity index (χ3v) is 4.81. The van der Waals surface area contributed by atoms with E-state index >= 15 is 0 Å². The number of hydroxylamine groups is 2. The van der Waals surface area contributed by atoms with E-state index < -0.39 is 5.66 Å². The topological polar surface area (TPSA) is 89.2 Å². The van der Waals surface area contributed by atoms with Crippen LogP contribution in [0.15, 0.2) is 33.1 Å². The van der Waals surface area contributed by atoms with Crippen molar-refractivity contribution >= 4 is 46.9 Å². The first-order valence-electron chi connectivity index (χ1n) is 7.00. The van der Waals surface area contributed by atoms with E-state index in [2.05, 4.69) is 9.98 Å². The number of benzene rings is 1. The Bertz CT molecular complexity index is 636. The summed E-state index contributed by atoms with van der Waals surface area (Å²) in [7, 11) is 0. The van der Waals surface area contributed by atoms with Crippen molar-refractivity contribution in [1.82, 2.24) is 5.06 Å². The SMILES string of the molecule is CC1(C)N=C(N)N=C(N)N1OCCCSc1ccc(Cl)c(Cl)c1. The lowest BCUT2D eigenvalue weighted by atomic mass is 10.2. The van der Waals surface area contributed by atoms with Crippen LogP contribution >= 0.6 is 35.0 Å². The highest BCUT2D eigenvalue weighted by Crippen LogP contribution is 2.28. The molecule has 0 unspecified atom stereocenters. The molecule has 1 aromatic carbocycles. The summed E-state index contributed by atoms with van der Waals surface area (Å²) in [6.45, 7) is 4.20. The Morgan fingerprint density at radius 1 is 1.26 bits per heavy atom. The van der Waals surface area contributed by atoms with Crippen molar-refractivity contribution < 1.29 is 4.84 Å². The Morgan fingerprint density at radius 2 is 2.00 bits per heavy atom. The lowest BCUT2D eigenvalue weighted by molar-refractivity contribution is -0.156. The minimum atomic E-state index is -0.674. The summed E-state index contributed by atoms with van der Waals surface area (Å²) in [5.74, 6) is 1.23. The number of thioether (sulfide) groups is 1. The van der Waals surface area contributed by atoms with E-state index in [0.29, 0.717) is 16.7 Å². The molecule has 0 saturated heterocycles. The fourth-order valence-corrected chi connectivity index (χ4v) is 3.22. The van der Waals surface area contributed by atoms with Gasteiger partial charge in [-0.1, -0.05) is 23.2 Å². The summed E-state index contributed by atoms with van der Waals surface area (Å²) in [6.07, 6.45) is 0.823. The van der Waals surface area contributed by atoms with Gasteiger partial charge in [-0.25, -0.2) is 4.99 Å². The molecule has 9 heteroatoms. The Labute approximate surface area is 149 Å². The molecule has 0 aromatic heterocycles. The highest BCUT2D eigenvalue weighted by molar-refractivity contribution is 7.99. The predicted octanol–water partition coefficient (Wildman–Crippen LogP) is 3.09. The Balaban J connectivity index is 1.77. The third-order valence-electron chi connectivity index (χ3n) is 2.99. The molecule has 23 heavy (non-hydrogen) atoms. The minimum Gasteiger partial charge on any atom is -0.368 e. The highest BCUT2D eigenvalue weighted by atomic mass is 35.5. The maximum Gasteiger partial charge on any atom is 0.226 e. The van der Waals surface area contributed by atoms with E-state index in [1.807, 2.05) is 26.0 Å². The van der Waals surface area contributed by atoms with Crippen LogP contribution in [0.2, 0.25) is 10.0 Å². The van der Waals surface area contributed by atoms with E-state index in [0.717, 1.165) is 17.1 Å². The quantitative estimate of drug-likeness (QED) is 0.588. The second-order valence-electron chi connectivity index (χ2n) is 5.34. The molecule has 0 fully saturated rings. The molecule has 126 valence electrons. The molecule has 0 bridgehead atoms. The molecule has 0 atom stereocenters. The third kappa shape index (κ3) is 4.91. The maximum atomic E-state index is 5.99. The van der Waals surface area contributed by atoms with Gasteiger partial charge in [0.1, 0.15) is 0 Å². The van der Waals surface area contributed by atoms with Crippen LogP contribution in [0.4, 0.5) is 0 Å². The summed E-state index contributed by atoms with van der Waals surface area (Å²) in [4.78, 5) is 14.9. The molecule has 0 amide bonds. The summed E-state index contributed by atoms with van der Waals surface area (Å²) in [5.41, 5.74) is 10.8. The molecule has 0 radical (unpaired) electrons. The summed E-state index contributed by atoms with van der Waals surface area (Å²) in [5, 5.41) is 2.59. The summed E-state index contributed by atoms with van der Waals surface area (Å²) >= 11 is 13.6. The fraction of sp³-hybridized carbons (Fsp3) is 0.429. The fourth-order valence-electron chi connectivity index (χ4n) is 1.99. The number of guanidine groups is 2. The predicted molar refractivity (Wildman–Crippen MR) is 96.9 cm³/mol. The van der Waals surface area contributed by atoms with Crippen LogP contribution in [0, 0.1) is 0 Å². The zero-order chi connectivity index (χ0) is 17.0. The molecule has 0 aliphatic carbocycles. The second kappa shape index (κ2) is 7.61. The molecule has 0 spiro atoms. The first kappa shape index (κ1) is 18.2. The lowest BCUT2D eigenvalue weighted by Crippen LogP contribution is -2.53. The van der Waals surface area contributed by atoms with E-state index in [4.69, 9.17) is 39.5 Å². The van der Waals surface area contributed by atoms with E-state index in [1.54, 1.807) is 17.8 Å². The van der Waals surface area contributed by atoms with Gasteiger partial charge >= 0.3 is 0 Å². The van der Waals surface area contributed by atoms with E-state index in [9.17, 15) is 0 Å². The largest absolute Gasteiger partial charge is 0.368 e. The van der Waals surface area contributed by atoms with Gasteiger partial charge in [0.2, 0.25) is 11.9 Å². The highest BCUT2D eigenvalue weighted by Gasteiger charge is 2.32. The molecule has 1 aromatic rings. The van der Waals surface area contributed by atoms with Gasteiger partial charge in [-0.2, -0.15) is 10.1 Å². The Kier molecular flexibility index (Phi) is 6.02. The summed E-state index contributed by atoms with van der Waals surface area (Å²) in [6, 6.07) is 5.58. The van der Waals surface area contributed by atoms with Crippen LogP contribution < -0.4 is 11.5 Å². The van der Waals surface area contributed by atoms with Crippen LogP contribution in [0.1, 0.15) is 20.3 Å². The monoisotopic (exact) mass is 375 g/mol. The van der Waals surface area contributed by atoms with Gasteiger partial charge < -0.3 is 11.5 Å². The second-order valence-corrected chi connectivity index (χ2v) is 7.32. The van der Waals surface area contributed by atoms with Crippen LogP contribution in [0.5, 0.6) is 0 Å². The standard InChI is InChI=1S/C14H19Cl2N5OS/c1-14(2)20-12(17)19-13(18)21(14)22-6-3-7-23-9-4-5-10(15)11(16)8-9/h4-5,8H,3,6-7H2,1-2H3,(H4,17,18,19,20).